The molecule has 1 N–H and O–H groups in total. The highest BCUT2D eigenvalue weighted by Gasteiger charge is 2.23. The molecule has 0 aromatic heterocycles. The Bertz CT molecular complexity index is 1130. The monoisotopic (exact) mass is 428 g/mol. The smallest absolute Gasteiger partial charge is 0.245 e. The third-order valence-corrected chi connectivity index (χ3v) is 5.76. The minimum atomic E-state index is -3.67. The molecule has 0 heterocycles. The van der Waals surface area contributed by atoms with Crippen LogP contribution in [0.25, 0.3) is 11.1 Å². The first-order valence-corrected chi connectivity index (χ1v) is 11.2. The molecule has 0 atom stereocenters. The van der Waals surface area contributed by atoms with E-state index in [1.54, 1.807) is 31.2 Å². The standard InChI is InChI=1S/C22H21ClN2O3S/c1-16-14-18(23)12-13-21(16)25(29(2,27)28)15-22(26)24-20-11-7-6-10-19(20)17-8-4-3-5-9-17/h3-14H,15H2,1-2H3,(H,24,26). The van der Waals surface area contributed by atoms with E-state index in [-0.39, 0.29) is 6.54 Å². The number of benzene rings is 3. The van der Waals surface area contributed by atoms with Gasteiger partial charge in [0.1, 0.15) is 6.54 Å². The number of hydrogen-bond donors (Lipinski definition) is 1. The number of sulfonamides is 1. The number of amides is 1. The first-order valence-electron chi connectivity index (χ1n) is 8.94. The summed E-state index contributed by atoms with van der Waals surface area (Å²) in [5.41, 5.74) is 3.51. The summed E-state index contributed by atoms with van der Waals surface area (Å²) < 4.78 is 25.8. The number of anilines is 2. The Kier molecular flexibility index (Phi) is 6.25. The number of nitrogens with zero attached hydrogens (tertiary/aromatic N) is 1. The fourth-order valence-corrected chi connectivity index (χ4v) is 4.20. The summed E-state index contributed by atoms with van der Waals surface area (Å²) in [6.07, 6.45) is 1.08. The van der Waals surface area contributed by atoms with Crippen molar-refractivity contribution in [1.29, 1.82) is 0 Å². The van der Waals surface area contributed by atoms with Crippen molar-refractivity contribution in [1.82, 2.24) is 0 Å². The maximum absolute atomic E-state index is 12.8. The molecule has 0 spiro atoms. The number of aryl methyl sites for hydroxylation is 1. The summed E-state index contributed by atoms with van der Waals surface area (Å²) in [7, 11) is -3.67. The van der Waals surface area contributed by atoms with Crippen LogP contribution in [0.2, 0.25) is 5.02 Å². The van der Waals surface area contributed by atoms with Gasteiger partial charge in [-0.3, -0.25) is 9.10 Å². The lowest BCUT2D eigenvalue weighted by Crippen LogP contribution is -2.37. The van der Waals surface area contributed by atoms with E-state index in [0.29, 0.717) is 22.0 Å². The van der Waals surface area contributed by atoms with Crippen LogP contribution in [0, 0.1) is 6.92 Å². The lowest BCUT2D eigenvalue weighted by molar-refractivity contribution is -0.114. The largest absolute Gasteiger partial charge is 0.324 e. The van der Waals surface area contributed by atoms with E-state index in [9.17, 15) is 13.2 Å². The van der Waals surface area contributed by atoms with Gasteiger partial charge in [-0.05, 0) is 42.3 Å². The summed E-state index contributed by atoms with van der Waals surface area (Å²) >= 11 is 5.98. The van der Waals surface area contributed by atoms with Crippen LogP contribution < -0.4 is 9.62 Å². The van der Waals surface area contributed by atoms with Crippen LogP contribution in [0.15, 0.2) is 72.8 Å². The normalized spacial score (nSPS) is 11.1. The molecule has 0 aliphatic rings. The Morgan fingerprint density at radius 1 is 1.00 bits per heavy atom. The molecular formula is C22H21ClN2O3S. The molecule has 1 amide bonds. The Labute approximate surface area is 176 Å². The number of carbonyl (C=O) groups excluding carboxylic acids is 1. The van der Waals surface area contributed by atoms with Crippen molar-refractivity contribution < 1.29 is 13.2 Å². The Hall–Kier alpha value is -2.83. The third kappa shape index (κ3) is 5.16. The van der Waals surface area contributed by atoms with E-state index in [1.807, 2.05) is 48.5 Å². The number of hydrogen-bond acceptors (Lipinski definition) is 3. The quantitative estimate of drug-likeness (QED) is 0.617. The van der Waals surface area contributed by atoms with Gasteiger partial charge in [-0.1, -0.05) is 60.1 Å². The molecular weight excluding hydrogens is 408 g/mol. The van der Waals surface area contributed by atoms with Crippen molar-refractivity contribution in [2.24, 2.45) is 0 Å². The van der Waals surface area contributed by atoms with Crippen molar-refractivity contribution in [2.75, 3.05) is 22.4 Å². The molecule has 0 unspecified atom stereocenters. The first kappa shape index (κ1) is 20.9. The van der Waals surface area contributed by atoms with Crippen LogP contribution in [0.5, 0.6) is 0 Å². The second-order valence-electron chi connectivity index (χ2n) is 6.66. The molecule has 29 heavy (non-hydrogen) atoms. The molecule has 3 rings (SSSR count). The molecule has 0 saturated carbocycles. The molecule has 0 saturated heterocycles. The highest BCUT2D eigenvalue weighted by Crippen LogP contribution is 2.28. The van der Waals surface area contributed by atoms with Crippen LogP contribution in [0.1, 0.15) is 5.56 Å². The van der Waals surface area contributed by atoms with Gasteiger partial charge in [-0.25, -0.2) is 8.42 Å². The summed E-state index contributed by atoms with van der Waals surface area (Å²) in [6.45, 7) is 1.41. The number of halogens is 1. The third-order valence-electron chi connectivity index (χ3n) is 4.40. The van der Waals surface area contributed by atoms with Crippen molar-refractivity contribution in [3.8, 4) is 11.1 Å². The van der Waals surface area contributed by atoms with E-state index in [1.165, 1.54) is 0 Å². The molecule has 0 bridgehead atoms. The Balaban J connectivity index is 1.88. The molecule has 5 nitrogen and oxygen atoms in total. The minimum absolute atomic E-state index is 0.343. The van der Waals surface area contributed by atoms with Crippen LogP contribution in [-0.4, -0.2) is 27.1 Å². The number of para-hydroxylation sites is 1. The van der Waals surface area contributed by atoms with Gasteiger partial charge in [-0.2, -0.15) is 0 Å². The zero-order chi connectivity index (χ0) is 21.0. The zero-order valence-corrected chi connectivity index (χ0v) is 17.7. The van der Waals surface area contributed by atoms with Gasteiger partial charge >= 0.3 is 0 Å². The molecule has 0 radical (unpaired) electrons. The highest BCUT2D eigenvalue weighted by atomic mass is 35.5. The summed E-state index contributed by atoms with van der Waals surface area (Å²) in [6, 6.07) is 21.9. The van der Waals surface area contributed by atoms with Crippen molar-refractivity contribution in [3.05, 3.63) is 83.4 Å². The molecule has 3 aromatic rings. The fraction of sp³-hybridized carbons (Fsp3) is 0.136. The Morgan fingerprint density at radius 2 is 1.66 bits per heavy atom. The summed E-state index contributed by atoms with van der Waals surface area (Å²) in [5.74, 6) is -0.437. The lowest BCUT2D eigenvalue weighted by Gasteiger charge is -2.24. The van der Waals surface area contributed by atoms with Gasteiger partial charge in [-0.15, -0.1) is 0 Å². The fourth-order valence-electron chi connectivity index (χ4n) is 3.06. The SMILES string of the molecule is Cc1cc(Cl)ccc1N(CC(=O)Nc1ccccc1-c1ccccc1)S(C)(=O)=O. The van der Waals surface area contributed by atoms with E-state index in [0.717, 1.165) is 21.7 Å². The average Bonchev–Trinajstić information content (AvgIpc) is 2.67. The maximum atomic E-state index is 12.8. The second kappa shape index (κ2) is 8.68. The molecule has 150 valence electrons. The number of nitrogens with one attached hydrogen (secondary N) is 1. The van der Waals surface area contributed by atoms with Gasteiger partial charge in [0.2, 0.25) is 15.9 Å². The predicted octanol–water partition coefficient (Wildman–Crippen LogP) is 4.72. The van der Waals surface area contributed by atoms with Crippen LogP contribution in [0.3, 0.4) is 0 Å². The summed E-state index contributed by atoms with van der Waals surface area (Å²) in [5, 5.41) is 3.34. The van der Waals surface area contributed by atoms with Crippen LogP contribution >= 0.6 is 11.6 Å². The van der Waals surface area contributed by atoms with Gasteiger partial charge in [0.05, 0.1) is 11.9 Å². The van der Waals surface area contributed by atoms with E-state index in [2.05, 4.69) is 5.32 Å². The lowest BCUT2D eigenvalue weighted by atomic mass is 10.0. The van der Waals surface area contributed by atoms with E-state index >= 15 is 0 Å². The Morgan fingerprint density at radius 3 is 2.31 bits per heavy atom. The summed E-state index contributed by atoms with van der Waals surface area (Å²) in [4.78, 5) is 12.8. The maximum Gasteiger partial charge on any atom is 0.245 e. The predicted molar refractivity (Wildman–Crippen MR) is 119 cm³/mol. The minimum Gasteiger partial charge on any atom is -0.324 e. The van der Waals surface area contributed by atoms with Gasteiger partial charge in [0.25, 0.3) is 0 Å². The van der Waals surface area contributed by atoms with E-state index < -0.39 is 15.9 Å². The van der Waals surface area contributed by atoms with Gasteiger partial charge in [0.15, 0.2) is 0 Å². The average molecular weight is 429 g/mol. The number of rotatable bonds is 6. The van der Waals surface area contributed by atoms with Crippen LogP contribution in [-0.2, 0) is 14.8 Å². The second-order valence-corrected chi connectivity index (χ2v) is 9.00. The topological polar surface area (TPSA) is 66.5 Å². The number of carbonyl (C=O) groups is 1. The zero-order valence-electron chi connectivity index (χ0n) is 16.1. The molecule has 0 fully saturated rings. The van der Waals surface area contributed by atoms with Crippen molar-refractivity contribution in [3.63, 3.8) is 0 Å². The van der Waals surface area contributed by atoms with Crippen LogP contribution in [0.4, 0.5) is 11.4 Å². The highest BCUT2D eigenvalue weighted by molar-refractivity contribution is 7.92. The first-order chi connectivity index (χ1) is 13.8. The van der Waals surface area contributed by atoms with Crippen molar-refractivity contribution >= 4 is 38.9 Å². The van der Waals surface area contributed by atoms with Crippen molar-refractivity contribution in [2.45, 2.75) is 6.92 Å². The van der Waals surface area contributed by atoms with E-state index in [4.69, 9.17) is 11.6 Å². The van der Waals surface area contributed by atoms with Gasteiger partial charge < -0.3 is 5.32 Å². The molecule has 7 heteroatoms. The van der Waals surface area contributed by atoms with Gasteiger partial charge in [0, 0.05) is 16.3 Å². The molecule has 3 aromatic carbocycles. The molecule has 0 aliphatic heterocycles. The molecule has 0 aliphatic carbocycles.